The zero-order chi connectivity index (χ0) is 17.6. The van der Waals surface area contributed by atoms with Crippen molar-refractivity contribution in [3.8, 4) is 5.75 Å². The predicted molar refractivity (Wildman–Crippen MR) is 98.1 cm³/mol. The molecule has 1 fully saturated rings. The fraction of sp³-hybridized carbons (Fsp3) is 0.368. The zero-order valence-electron chi connectivity index (χ0n) is 14.2. The fourth-order valence-electron chi connectivity index (χ4n) is 3.06. The minimum absolute atomic E-state index is 0.0391. The van der Waals surface area contributed by atoms with E-state index in [0.29, 0.717) is 18.0 Å². The average molecular weight is 358 g/mol. The Morgan fingerprint density at radius 1 is 1.28 bits per heavy atom. The fourth-order valence-corrected chi connectivity index (χ4v) is 3.74. The monoisotopic (exact) mass is 358 g/mol. The minimum Gasteiger partial charge on any atom is -0.497 e. The number of amides is 2. The molecule has 1 N–H and O–H groups in total. The van der Waals surface area contributed by atoms with Gasteiger partial charge in [0.25, 0.3) is 5.91 Å². The van der Waals surface area contributed by atoms with Gasteiger partial charge in [0.2, 0.25) is 5.91 Å². The summed E-state index contributed by atoms with van der Waals surface area (Å²) in [5, 5.41) is 4.85. The normalized spacial score (nSPS) is 16.7. The second kappa shape index (κ2) is 8.16. The maximum Gasteiger partial charge on any atom is 0.264 e. The van der Waals surface area contributed by atoms with Crippen LogP contribution in [0.5, 0.6) is 5.75 Å². The summed E-state index contributed by atoms with van der Waals surface area (Å²) < 4.78 is 5.14. The lowest BCUT2D eigenvalue weighted by molar-refractivity contribution is -0.124. The van der Waals surface area contributed by atoms with Crippen LogP contribution < -0.4 is 10.1 Å². The van der Waals surface area contributed by atoms with E-state index >= 15 is 0 Å². The van der Waals surface area contributed by atoms with Gasteiger partial charge in [-0.25, -0.2) is 0 Å². The van der Waals surface area contributed by atoms with Crippen molar-refractivity contribution in [3.05, 3.63) is 52.2 Å². The Bertz CT molecular complexity index is 713. The van der Waals surface area contributed by atoms with Crippen LogP contribution in [-0.4, -0.2) is 43.0 Å². The van der Waals surface area contributed by atoms with Gasteiger partial charge in [0.15, 0.2) is 0 Å². The first-order valence-electron chi connectivity index (χ1n) is 8.44. The molecule has 1 aliphatic rings. The van der Waals surface area contributed by atoms with Gasteiger partial charge in [-0.3, -0.25) is 9.59 Å². The molecule has 2 heterocycles. The van der Waals surface area contributed by atoms with E-state index in [9.17, 15) is 9.59 Å². The van der Waals surface area contributed by atoms with Crippen molar-refractivity contribution in [3.63, 3.8) is 0 Å². The van der Waals surface area contributed by atoms with Gasteiger partial charge in [-0.1, -0.05) is 18.2 Å². The summed E-state index contributed by atoms with van der Waals surface area (Å²) in [4.78, 5) is 27.4. The minimum atomic E-state index is -0.356. The highest BCUT2D eigenvalue weighted by molar-refractivity contribution is 7.12. The van der Waals surface area contributed by atoms with Gasteiger partial charge in [-0.15, -0.1) is 11.3 Å². The number of rotatable bonds is 6. The van der Waals surface area contributed by atoms with Crippen LogP contribution >= 0.6 is 11.3 Å². The first-order chi connectivity index (χ1) is 12.2. The molecule has 6 heteroatoms. The van der Waals surface area contributed by atoms with Gasteiger partial charge in [-0.2, -0.15) is 0 Å². The molecule has 0 radical (unpaired) electrons. The first-order valence-corrected chi connectivity index (χ1v) is 9.32. The molecule has 1 atom stereocenters. The van der Waals surface area contributed by atoms with Gasteiger partial charge in [0, 0.05) is 13.1 Å². The third-order valence-corrected chi connectivity index (χ3v) is 5.28. The number of methoxy groups -OCH3 is 1. The van der Waals surface area contributed by atoms with Crippen molar-refractivity contribution in [1.29, 1.82) is 0 Å². The Kier molecular flexibility index (Phi) is 5.71. The number of carbonyl (C=O) groups is 2. The molecule has 3 rings (SSSR count). The van der Waals surface area contributed by atoms with Gasteiger partial charge in [-0.05, 0) is 48.4 Å². The smallest absolute Gasteiger partial charge is 0.264 e. The summed E-state index contributed by atoms with van der Waals surface area (Å²) in [5.74, 6) is 0.722. The largest absolute Gasteiger partial charge is 0.497 e. The topological polar surface area (TPSA) is 58.6 Å². The molecule has 25 heavy (non-hydrogen) atoms. The highest BCUT2D eigenvalue weighted by Crippen LogP contribution is 2.22. The molecular weight excluding hydrogens is 336 g/mol. The lowest BCUT2D eigenvalue weighted by Gasteiger charge is -2.23. The molecule has 1 saturated heterocycles. The Labute approximate surface area is 151 Å². The van der Waals surface area contributed by atoms with E-state index in [4.69, 9.17) is 4.74 Å². The average Bonchev–Trinajstić information content (AvgIpc) is 3.33. The molecule has 0 aliphatic carbocycles. The quantitative estimate of drug-likeness (QED) is 0.864. The van der Waals surface area contributed by atoms with Crippen molar-refractivity contribution in [2.75, 3.05) is 20.2 Å². The number of thiophene rings is 1. The third-order valence-electron chi connectivity index (χ3n) is 4.42. The van der Waals surface area contributed by atoms with Crippen LogP contribution in [0.4, 0.5) is 0 Å². The van der Waals surface area contributed by atoms with Crippen molar-refractivity contribution >= 4 is 23.2 Å². The zero-order valence-corrected chi connectivity index (χ0v) is 15.1. The lowest BCUT2D eigenvalue weighted by atomic mass is 10.1. The molecule has 1 aliphatic heterocycles. The molecule has 2 aromatic rings. The van der Waals surface area contributed by atoms with Crippen LogP contribution in [0.25, 0.3) is 0 Å². The summed E-state index contributed by atoms with van der Waals surface area (Å²) in [5.41, 5.74) is 1.14. The Morgan fingerprint density at radius 3 is 2.76 bits per heavy atom. The van der Waals surface area contributed by atoms with E-state index in [0.717, 1.165) is 30.6 Å². The molecule has 0 unspecified atom stereocenters. The Balaban J connectivity index is 1.52. The predicted octanol–water partition coefficient (Wildman–Crippen LogP) is 2.72. The van der Waals surface area contributed by atoms with Gasteiger partial charge in [0.05, 0.1) is 12.0 Å². The lowest BCUT2D eigenvalue weighted by Crippen LogP contribution is -2.46. The number of nitrogens with one attached hydrogen (secondary N) is 1. The van der Waals surface area contributed by atoms with Crippen molar-refractivity contribution in [1.82, 2.24) is 10.2 Å². The number of benzene rings is 1. The van der Waals surface area contributed by atoms with Crippen molar-refractivity contribution < 1.29 is 14.3 Å². The molecule has 132 valence electrons. The molecule has 1 aromatic heterocycles. The van der Waals surface area contributed by atoms with E-state index in [1.807, 2.05) is 41.8 Å². The molecule has 0 spiro atoms. The molecular formula is C19H22N2O3S. The molecule has 0 saturated carbocycles. The number of ether oxygens (including phenoxy) is 1. The van der Waals surface area contributed by atoms with E-state index in [1.54, 1.807) is 12.0 Å². The van der Waals surface area contributed by atoms with E-state index in [-0.39, 0.29) is 17.9 Å². The van der Waals surface area contributed by atoms with Gasteiger partial charge in [0.1, 0.15) is 11.8 Å². The Hall–Kier alpha value is -2.34. The summed E-state index contributed by atoms with van der Waals surface area (Å²) >= 11 is 1.42. The summed E-state index contributed by atoms with van der Waals surface area (Å²) in [7, 11) is 1.64. The standard InChI is InChI=1S/C19H22N2O3S/c1-24-15-8-6-14(7-9-15)10-11-20-18(22)16-4-2-12-21(16)19(23)17-5-3-13-25-17/h3,5-9,13,16H,2,4,10-12H2,1H3,(H,20,22)/t16-/m0/s1. The number of hydrogen-bond donors (Lipinski definition) is 1. The van der Waals surface area contributed by atoms with Crippen LogP contribution in [0, 0.1) is 0 Å². The molecule has 2 amide bonds. The van der Waals surface area contributed by atoms with E-state index in [2.05, 4.69) is 5.32 Å². The van der Waals surface area contributed by atoms with Crippen LogP contribution in [0.3, 0.4) is 0 Å². The molecule has 0 bridgehead atoms. The number of likely N-dealkylation sites (tertiary alicyclic amines) is 1. The van der Waals surface area contributed by atoms with Crippen molar-refractivity contribution in [2.24, 2.45) is 0 Å². The van der Waals surface area contributed by atoms with Crippen LogP contribution in [-0.2, 0) is 11.2 Å². The van der Waals surface area contributed by atoms with Crippen LogP contribution in [0.1, 0.15) is 28.1 Å². The molecule has 5 nitrogen and oxygen atoms in total. The summed E-state index contributed by atoms with van der Waals surface area (Å²) in [6, 6.07) is 11.1. The highest BCUT2D eigenvalue weighted by Gasteiger charge is 2.34. The van der Waals surface area contributed by atoms with Gasteiger partial charge < -0.3 is 15.0 Å². The van der Waals surface area contributed by atoms with Crippen LogP contribution in [0.15, 0.2) is 41.8 Å². The third kappa shape index (κ3) is 4.20. The second-order valence-corrected chi connectivity index (χ2v) is 6.97. The number of hydrogen-bond acceptors (Lipinski definition) is 4. The van der Waals surface area contributed by atoms with Crippen LogP contribution in [0.2, 0.25) is 0 Å². The van der Waals surface area contributed by atoms with Gasteiger partial charge >= 0.3 is 0 Å². The van der Waals surface area contributed by atoms with E-state index < -0.39 is 0 Å². The second-order valence-electron chi connectivity index (χ2n) is 6.02. The highest BCUT2D eigenvalue weighted by atomic mass is 32.1. The maximum absolute atomic E-state index is 12.5. The number of carbonyl (C=O) groups excluding carboxylic acids is 2. The number of nitrogens with zero attached hydrogens (tertiary/aromatic N) is 1. The van der Waals surface area contributed by atoms with Crippen molar-refractivity contribution in [2.45, 2.75) is 25.3 Å². The molecule has 1 aromatic carbocycles. The maximum atomic E-state index is 12.5. The summed E-state index contributed by atoms with van der Waals surface area (Å²) in [6.07, 6.45) is 2.35. The SMILES string of the molecule is COc1ccc(CCNC(=O)[C@@H]2CCCN2C(=O)c2cccs2)cc1. The first kappa shape index (κ1) is 17.5. The van der Waals surface area contributed by atoms with E-state index in [1.165, 1.54) is 11.3 Å². The summed E-state index contributed by atoms with van der Waals surface area (Å²) in [6.45, 7) is 1.20. The Morgan fingerprint density at radius 2 is 2.08 bits per heavy atom.